The van der Waals surface area contributed by atoms with Crippen molar-refractivity contribution in [1.82, 2.24) is 10.2 Å². The third-order valence-electron chi connectivity index (χ3n) is 4.38. The Bertz CT molecular complexity index is 649. The first-order valence-electron chi connectivity index (χ1n) is 7.17. The number of carbonyl (C=O) groups is 3. The zero-order valence-electron chi connectivity index (χ0n) is 12.2. The van der Waals surface area contributed by atoms with Gasteiger partial charge in [0.2, 0.25) is 5.91 Å². The molecule has 0 spiro atoms. The largest absolute Gasteiger partial charge is 0.315 e. The fourth-order valence-electron chi connectivity index (χ4n) is 2.97. The van der Waals surface area contributed by atoms with Gasteiger partial charge in [0.05, 0.1) is 0 Å². The number of fused-ring (bicyclic) bond motifs is 1. The number of piperazine rings is 1. The van der Waals surface area contributed by atoms with Crippen molar-refractivity contribution in [3.8, 4) is 0 Å². The van der Waals surface area contributed by atoms with Gasteiger partial charge in [-0.05, 0) is 56.4 Å². The first kappa shape index (κ1) is 13.8. The highest BCUT2D eigenvalue weighted by Gasteiger charge is 2.43. The van der Waals surface area contributed by atoms with Gasteiger partial charge in [-0.15, -0.1) is 0 Å². The molecule has 0 saturated carbocycles. The quantitative estimate of drug-likeness (QED) is 0.785. The van der Waals surface area contributed by atoms with Gasteiger partial charge in [0.15, 0.2) is 0 Å². The summed E-state index contributed by atoms with van der Waals surface area (Å²) in [7, 11) is 0. The van der Waals surface area contributed by atoms with Crippen LogP contribution in [0.1, 0.15) is 41.8 Å². The van der Waals surface area contributed by atoms with Crippen LogP contribution in [-0.4, -0.2) is 34.7 Å². The van der Waals surface area contributed by atoms with E-state index in [0.29, 0.717) is 5.56 Å². The molecule has 1 aromatic carbocycles. The van der Waals surface area contributed by atoms with Gasteiger partial charge >= 0.3 is 0 Å². The molecule has 3 amide bonds. The number of rotatable bonds is 1. The normalized spacial score (nSPS) is 20.2. The Morgan fingerprint density at radius 2 is 1.90 bits per heavy atom. The summed E-state index contributed by atoms with van der Waals surface area (Å²) < 4.78 is 0. The first-order valence-corrected chi connectivity index (χ1v) is 7.17. The molecule has 0 atom stereocenters. The second-order valence-electron chi connectivity index (χ2n) is 6.16. The number of hydrogen-bond acceptors (Lipinski definition) is 3. The van der Waals surface area contributed by atoms with Crippen molar-refractivity contribution in [2.24, 2.45) is 0 Å². The van der Waals surface area contributed by atoms with Crippen molar-refractivity contribution in [1.29, 1.82) is 0 Å². The third-order valence-corrected chi connectivity index (χ3v) is 4.38. The summed E-state index contributed by atoms with van der Waals surface area (Å²) >= 11 is 0. The van der Waals surface area contributed by atoms with Gasteiger partial charge in [-0.3, -0.25) is 19.7 Å². The number of nitrogens with zero attached hydrogens (tertiary/aromatic N) is 1. The number of benzene rings is 1. The maximum atomic E-state index is 12.7. The molecule has 5 nitrogen and oxygen atoms in total. The molecule has 1 aliphatic heterocycles. The molecule has 1 heterocycles. The van der Waals surface area contributed by atoms with Crippen LogP contribution < -0.4 is 5.32 Å². The number of hydrogen-bond donors (Lipinski definition) is 1. The summed E-state index contributed by atoms with van der Waals surface area (Å²) in [5, 5.41) is 2.28. The molecule has 0 bridgehead atoms. The molecule has 0 unspecified atom stereocenters. The Balaban J connectivity index is 1.93. The predicted octanol–water partition coefficient (Wildman–Crippen LogP) is 1.05. The average Bonchev–Trinajstić information content (AvgIpc) is 2.89. The number of amides is 3. The molecule has 1 aromatic rings. The molecule has 1 aliphatic carbocycles. The van der Waals surface area contributed by atoms with E-state index in [2.05, 4.69) is 5.32 Å². The molecule has 3 rings (SSSR count). The fraction of sp³-hybridized carbons (Fsp3) is 0.438. The molecule has 0 radical (unpaired) electrons. The number of imide groups is 1. The molecule has 0 aromatic heterocycles. The summed E-state index contributed by atoms with van der Waals surface area (Å²) in [6, 6.07) is 5.67. The third kappa shape index (κ3) is 2.22. The highest BCUT2D eigenvalue weighted by molar-refractivity contribution is 6.08. The van der Waals surface area contributed by atoms with Crippen LogP contribution in [0.3, 0.4) is 0 Å². The SMILES string of the molecule is CC1(C)C(=O)NC(=O)CN1C(=O)c1ccc2c(c1)CCC2. The van der Waals surface area contributed by atoms with Crippen LogP contribution in [0.4, 0.5) is 0 Å². The minimum atomic E-state index is -1.02. The lowest BCUT2D eigenvalue weighted by Gasteiger charge is -2.40. The molecule has 110 valence electrons. The van der Waals surface area contributed by atoms with Crippen LogP contribution >= 0.6 is 0 Å². The Morgan fingerprint density at radius 3 is 2.67 bits per heavy atom. The Labute approximate surface area is 123 Å². The zero-order valence-corrected chi connectivity index (χ0v) is 12.2. The number of carbonyl (C=O) groups excluding carboxylic acids is 3. The lowest BCUT2D eigenvalue weighted by molar-refractivity contribution is -0.143. The van der Waals surface area contributed by atoms with Gasteiger partial charge in [0.1, 0.15) is 12.1 Å². The summed E-state index contributed by atoms with van der Waals surface area (Å²) in [6.45, 7) is 3.22. The minimum absolute atomic E-state index is 0.0886. The molecule has 21 heavy (non-hydrogen) atoms. The van der Waals surface area contributed by atoms with E-state index in [0.717, 1.165) is 19.3 Å². The summed E-state index contributed by atoms with van der Waals surface area (Å²) in [5.74, 6) is -1.14. The zero-order chi connectivity index (χ0) is 15.2. The molecule has 2 aliphatic rings. The summed E-state index contributed by atoms with van der Waals surface area (Å²) in [6.07, 6.45) is 3.16. The first-order chi connectivity index (χ1) is 9.89. The van der Waals surface area contributed by atoms with E-state index >= 15 is 0 Å². The van der Waals surface area contributed by atoms with Gasteiger partial charge < -0.3 is 4.90 Å². The van der Waals surface area contributed by atoms with E-state index in [9.17, 15) is 14.4 Å². The van der Waals surface area contributed by atoms with E-state index in [1.54, 1.807) is 19.9 Å². The molecule has 1 fully saturated rings. The number of aryl methyl sites for hydroxylation is 2. The highest BCUT2D eigenvalue weighted by atomic mass is 16.2. The van der Waals surface area contributed by atoms with Gasteiger partial charge in [-0.1, -0.05) is 6.07 Å². The van der Waals surface area contributed by atoms with E-state index in [1.807, 2.05) is 12.1 Å². The second kappa shape index (κ2) is 4.69. The van der Waals surface area contributed by atoms with Gasteiger partial charge in [0, 0.05) is 5.56 Å². The lowest BCUT2D eigenvalue weighted by Crippen LogP contribution is -2.65. The van der Waals surface area contributed by atoms with Gasteiger partial charge in [-0.25, -0.2) is 0 Å². The van der Waals surface area contributed by atoms with Crippen LogP contribution in [0.2, 0.25) is 0 Å². The molecule has 5 heteroatoms. The van der Waals surface area contributed by atoms with Gasteiger partial charge in [-0.2, -0.15) is 0 Å². The van der Waals surface area contributed by atoms with Crippen LogP contribution in [0.15, 0.2) is 18.2 Å². The van der Waals surface area contributed by atoms with E-state index in [1.165, 1.54) is 16.0 Å². The van der Waals surface area contributed by atoms with Crippen LogP contribution in [-0.2, 0) is 22.4 Å². The predicted molar refractivity (Wildman–Crippen MR) is 76.7 cm³/mol. The summed E-state index contributed by atoms with van der Waals surface area (Å²) in [4.78, 5) is 37.6. The topological polar surface area (TPSA) is 66.5 Å². The minimum Gasteiger partial charge on any atom is -0.315 e. The molecular weight excluding hydrogens is 268 g/mol. The maximum absolute atomic E-state index is 12.7. The second-order valence-corrected chi connectivity index (χ2v) is 6.16. The monoisotopic (exact) mass is 286 g/mol. The maximum Gasteiger partial charge on any atom is 0.255 e. The smallest absolute Gasteiger partial charge is 0.255 e. The van der Waals surface area contributed by atoms with Crippen molar-refractivity contribution in [3.63, 3.8) is 0 Å². The molecular formula is C16H18N2O3. The Kier molecular flexibility index (Phi) is 3.08. The highest BCUT2D eigenvalue weighted by Crippen LogP contribution is 2.26. The fourth-order valence-corrected chi connectivity index (χ4v) is 2.97. The van der Waals surface area contributed by atoms with E-state index in [-0.39, 0.29) is 12.5 Å². The van der Waals surface area contributed by atoms with Gasteiger partial charge in [0.25, 0.3) is 11.8 Å². The number of nitrogens with one attached hydrogen (secondary N) is 1. The van der Waals surface area contributed by atoms with Crippen molar-refractivity contribution in [3.05, 3.63) is 34.9 Å². The van der Waals surface area contributed by atoms with Crippen molar-refractivity contribution < 1.29 is 14.4 Å². The van der Waals surface area contributed by atoms with Crippen molar-refractivity contribution in [2.75, 3.05) is 6.54 Å². The van der Waals surface area contributed by atoms with Crippen LogP contribution in [0, 0.1) is 0 Å². The molecule has 1 saturated heterocycles. The van der Waals surface area contributed by atoms with Crippen molar-refractivity contribution >= 4 is 17.7 Å². The van der Waals surface area contributed by atoms with Crippen LogP contribution in [0.25, 0.3) is 0 Å². The summed E-state index contributed by atoms with van der Waals surface area (Å²) in [5.41, 5.74) is 2.01. The average molecular weight is 286 g/mol. The lowest BCUT2D eigenvalue weighted by atomic mass is 9.96. The molecule has 1 N–H and O–H groups in total. The standard InChI is InChI=1S/C16H18N2O3/c1-16(2)15(21)17-13(19)9-18(16)14(20)12-7-6-10-4-3-5-11(10)8-12/h6-8H,3-5,9H2,1-2H3,(H,17,19,21). The Hall–Kier alpha value is -2.17. The van der Waals surface area contributed by atoms with Crippen molar-refractivity contribution in [2.45, 2.75) is 38.6 Å². The van der Waals surface area contributed by atoms with E-state index < -0.39 is 17.4 Å². The Morgan fingerprint density at radius 1 is 1.19 bits per heavy atom. The van der Waals surface area contributed by atoms with Crippen LogP contribution in [0.5, 0.6) is 0 Å². The van der Waals surface area contributed by atoms with E-state index in [4.69, 9.17) is 0 Å².